The van der Waals surface area contributed by atoms with E-state index in [1.54, 1.807) is 7.05 Å². The van der Waals surface area contributed by atoms with Crippen LogP contribution in [0.3, 0.4) is 0 Å². The summed E-state index contributed by atoms with van der Waals surface area (Å²) in [6.07, 6.45) is 7.74. The molecule has 1 saturated carbocycles. The van der Waals surface area contributed by atoms with Gasteiger partial charge in [0.25, 0.3) is 0 Å². The second-order valence-electron chi connectivity index (χ2n) is 6.58. The molecule has 0 spiro atoms. The van der Waals surface area contributed by atoms with Gasteiger partial charge in [0.1, 0.15) is 5.41 Å². The third-order valence-corrected chi connectivity index (χ3v) is 4.37. The van der Waals surface area contributed by atoms with Crippen LogP contribution in [0.25, 0.3) is 0 Å². The summed E-state index contributed by atoms with van der Waals surface area (Å²) in [6.45, 7) is 9.89. The SMILES string of the molecule is CC.CCCCCCNC(=O)C1(C(=O)NCNC)CCC1.CCCNC(N)=O. The van der Waals surface area contributed by atoms with E-state index in [2.05, 4.69) is 28.2 Å². The molecule has 0 heterocycles. The molecule has 1 aliphatic carbocycles. The van der Waals surface area contributed by atoms with Gasteiger partial charge < -0.3 is 27.0 Å². The number of rotatable bonds is 11. The molecule has 1 aliphatic rings. The Morgan fingerprint density at radius 1 is 0.857 bits per heavy atom. The Balaban J connectivity index is 0. The maximum Gasteiger partial charge on any atom is 0.312 e. The van der Waals surface area contributed by atoms with Crippen LogP contribution in [0.1, 0.15) is 79.1 Å². The molecule has 0 unspecified atom stereocenters. The van der Waals surface area contributed by atoms with Gasteiger partial charge in [0.2, 0.25) is 11.8 Å². The summed E-state index contributed by atoms with van der Waals surface area (Å²) in [5.74, 6) is -0.233. The van der Waals surface area contributed by atoms with Gasteiger partial charge in [0, 0.05) is 13.1 Å². The molecular weight excluding hydrogens is 358 g/mol. The van der Waals surface area contributed by atoms with Crippen molar-refractivity contribution in [1.82, 2.24) is 21.3 Å². The Morgan fingerprint density at radius 3 is 1.86 bits per heavy atom. The Bertz CT molecular complexity index is 426. The van der Waals surface area contributed by atoms with Crippen molar-refractivity contribution < 1.29 is 14.4 Å². The molecule has 0 saturated heterocycles. The third kappa shape index (κ3) is 11.8. The fraction of sp³-hybridized carbons (Fsp3) is 0.850. The zero-order valence-corrected chi connectivity index (χ0v) is 18.6. The van der Waals surface area contributed by atoms with Crippen molar-refractivity contribution in [2.75, 3.05) is 26.8 Å². The first-order valence-corrected chi connectivity index (χ1v) is 10.7. The van der Waals surface area contributed by atoms with Crippen molar-refractivity contribution in [1.29, 1.82) is 0 Å². The second kappa shape index (κ2) is 18.5. The lowest BCUT2D eigenvalue weighted by molar-refractivity contribution is -0.149. The second-order valence-corrected chi connectivity index (χ2v) is 6.58. The molecule has 8 heteroatoms. The number of urea groups is 1. The molecule has 1 fully saturated rings. The molecule has 0 aromatic rings. The van der Waals surface area contributed by atoms with Crippen LogP contribution in [0.15, 0.2) is 0 Å². The van der Waals surface area contributed by atoms with E-state index in [0.717, 1.165) is 25.7 Å². The zero-order valence-electron chi connectivity index (χ0n) is 18.6. The van der Waals surface area contributed by atoms with Gasteiger partial charge in [-0.3, -0.25) is 9.59 Å². The minimum Gasteiger partial charge on any atom is -0.355 e. The van der Waals surface area contributed by atoms with Gasteiger partial charge in [-0.2, -0.15) is 0 Å². The number of carbonyl (C=O) groups is 3. The van der Waals surface area contributed by atoms with Gasteiger partial charge in [0.15, 0.2) is 0 Å². The largest absolute Gasteiger partial charge is 0.355 e. The standard InChI is InChI=1S/C14H27N3O2.C4H10N2O.C2H6/c1-3-4-5-6-10-16-12(18)14(8-7-9-14)13(19)17-11-15-2;1-2-3-6-4(5)7;1-2/h15H,3-11H2,1-2H3,(H,16,18)(H,17,19);2-3H2,1H3,(H3,5,6,7);1-2H3. The predicted octanol–water partition coefficient (Wildman–Crippen LogP) is 2.24. The van der Waals surface area contributed by atoms with Crippen LogP contribution in [-0.4, -0.2) is 44.7 Å². The van der Waals surface area contributed by atoms with Crippen molar-refractivity contribution in [2.24, 2.45) is 11.1 Å². The Kier molecular flexibility index (Phi) is 18.8. The first-order chi connectivity index (χ1) is 13.4. The molecule has 0 aromatic heterocycles. The molecule has 166 valence electrons. The molecule has 0 aliphatic heterocycles. The Morgan fingerprint density at radius 2 is 1.46 bits per heavy atom. The van der Waals surface area contributed by atoms with E-state index in [9.17, 15) is 14.4 Å². The third-order valence-electron chi connectivity index (χ3n) is 4.37. The lowest BCUT2D eigenvalue weighted by Crippen LogP contribution is -2.56. The van der Waals surface area contributed by atoms with Gasteiger partial charge >= 0.3 is 6.03 Å². The molecule has 0 bridgehead atoms. The maximum atomic E-state index is 12.2. The number of nitrogens with one attached hydrogen (secondary N) is 4. The first kappa shape index (κ1) is 28.4. The first-order valence-electron chi connectivity index (χ1n) is 10.7. The monoisotopic (exact) mass is 401 g/mol. The van der Waals surface area contributed by atoms with Crippen LogP contribution in [-0.2, 0) is 9.59 Å². The number of hydrogen-bond donors (Lipinski definition) is 5. The molecule has 28 heavy (non-hydrogen) atoms. The highest BCUT2D eigenvalue weighted by molar-refractivity contribution is 6.05. The van der Waals surface area contributed by atoms with Crippen molar-refractivity contribution in [3.05, 3.63) is 0 Å². The predicted molar refractivity (Wildman–Crippen MR) is 115 cm³/mol. The average molecular weight is 402 g/mol. The van der Waals surface area contributed by atoms with E-state index in [1.165, 1.54) is 12.8 Å². The summed E-state index contributed by atoms with van der Waals surface area (Å²) < 4.78 is 0. The maximum absolute atomic E-state index is 12.2. The Labute approximate surface area is 171 Å². The van der Waals surface area contributed by atoms with Crippen molar-refractivity contribution in [3.8, 4) is 0 Å². The average Bonchev–Trinajstić information content (AvgIpc) is 2.65. The highest BCUT2D eigenvalue weighted by Crippen LogP contribution is 2.41. The van der Waals surface area contributed by atoms with Crippen LogP contribution < -0.4 is 27.0 Å². The van der Waals surface area contributed by atoms with Crippen LogP contribution in [0, 0.1) is 5.41 Å². The molecule has 4 amide bonds. The zero-order chi connectivity index (χ0) is 21.8. The van der Waals surface area contributed by atoms with E-state index < -0.39 is 11.4 Å². The van der Waals surface area contributed by atoms with Crippen LogP contribution >= 0.6 is 0 Å². The van der Waals surface area contributed by atoms with E-state index in [-0.39, 0.29) is 11.8 Å². The minimum absolute atomic E-state index is 0.0937. The quantitative estimate of drug-likeness (QED) is 0.207. The number of hydrogen-bond acceptors (Lipinski definition) is 4. The lowest BCUT2D eigenvalue weighted by Gasteiger charge is -2.38. The van der Waals surface area contributed by atoms with Crippen LogP contribution in [0.4, 0.5) is 4.79 Å². The molecule has 8 nitrogen and oxygen atoms in total. The van der Waals surface area contributed by atoms with E-state index in [0.29, 0.717) is 32.6 Å². The molecule has 0 aromatic carbocycles. The normalized spacial score (nSPS) is 13.5. The molecule has 0 radical (unpaired) electrons. The topological polar surface area (TPSA) is 125 Å². The van der Waals surface area contributed by atoms with Crippen LogP contribution in [0.5, 0.6) is 0 Å². The highest BCUT2D eigenvalue weighted by atomic mass is 16.2. The summed E-state index contributed by atoms with van der Waals surface area (Å²) in [4.78, 5) is 34.1. The van der Waals surface area contributed by atoms with Crippen LogP contribution in [0.2, 0.25) is 0 Å². The van der Waals surface area contributed by atoms with E-state index >= 15 is 0 Å². The number of unbranched alkanes of at least 4 members (excludes halogenated alkanes) is 3. The van der Waals surface area contributed by atoms with Gasteiger partial charge in [-0.1, -0.05) is 53.4 Å². The molecule has 1 rings (SSSR count). The van der Waals surface area contributed by atoms with Gasteiger partial charge in [-0.05, 0) is 32.7 Å². The summed E-state index contributed by atoms with van der Waals surface area (Å²) in [6, 6.07) is -0.443. The van der Waals surface area contributed by atoms with E-state index in [4.69, 9.17) is 5.73 Å². The van der Waals surface area contributed by atoms with E-state index in [1.807, 2.05) is 20.8 Å². The van der Waals surface area contributed by atoms with Gasteiger partial charge in [-0.15, -0.1) is 0 Å². The van der Waals surface area contributed by atoms with Gasteiger partial charge in [-0.25, -0.2) is 4.79 Å². The molecular formula is C20H43N5O3. The number of nitrogens with two attached hydrogens (primary N) is 1. The summed E-state index contributed by atoms with van der Waals surface area (Å²) in [5, 5.41) is 11.0. The number of carbonyl (C=O) groups excluding carboxylic acids is 3. The summed E-state index contributed by atoms with van der Waals surface area (Å²) in [5.41, 5.74) is 3.92. The van der Waals surface area contributed by atoms with Crippen molar-refractivity contribution >= 4 is 17.8 Å². The van der Waals surface area contributed by atoms with Crippen molar-refractivity contribution in [2.45, 2.75) is 79.1 Å². The fourth-order valence-corrected chi connectivity index (χ4v) is 2.60. The number of amides is 4. The lowest BCUT2D eigenvalue weighted by atomic mass is 9.67. The van der Waals surface area contributed by atoms with Crippen molar-refractivity contribution in [3.63, 3.8) is 0 Å². The summed E-state index contributed by atoms with van der Waals surface area (Å²) >= 11 is 0. The minimum atomic E-state index is -0.804. The summed E-state index contributed by atoms with van der Waals surface area (Å²) in [7, 11) is 1.77. The molecule has 6 N–H and O–H groups in total. The smallest absolute Gasteiger partial charge is 0.312 e. The fourth-order valence-electron chi connectivity index (χ4n) is 2.60. The van der Waals surface area contributed by atoms with Gasteiger partial charge in [0.05, 0.1) is 6.67 Å². The Hall–Kier alpha value is -1.83. The number of primary amides is 1. The molecule has 0 atom stereocenters. The highest BCUT2D eigenvalue weighted by Gasteiger charge is 2.50.